The largest absolute Gasteiger partial charge is 0.494 e. The van der Waals surface area contributed by atoms with Crippen molar-refractivity contribution in [2.45, 2.75) is 56.1 Å². The minimum Gasteiger partial charge on any atom is -0.494 e. The van der Waals surface area contributed by atoms with Gasteiger partial charge in [0.2, 0.25) is 5.89 Å². The van der Waals surface area contributed by atoms with Crippen molar-refractivity contribution in [1.29, 1.82) is 0 Å². The maximum atomic E-state index is 6.13. The third kappa shape index (κ3) is 3.63. The standard InChI is InChI=1S/C22H28N2O3S/c1-2-25-18-3-5-19(6-4-18)26-7-8-28-21-24-23-20(27-21)22-12-15-9-16(13-22)11-17(10-15)14-22/h3-6,15-17H,2,7-14H2,1H3. The van der Waals surface area contributed by atoms with E-state index < -0.39 is 0 Å². The van der Waals surface area contributed by atoms with E-state index in [0.717, 1.165) is 40.9 Å². The first-order chi connectivity index (χ1) is 13.7. The summed E-state index contributed by atoms with van der Waals surface area (Å²) in [7, 11) is 0. The van der Waals surface area contributed by atoms with Crippen LogP contribution in [-0.4, -0.2) is 29.2 Å². The van der Waals surface area contributed by atoms with E-state index in [9.17, 15) is 0 Å². The number of rotatable bonds is 8. The second kappa shape index (κ2) is 7.62. The molecule has 1 heterocycles. The summed E-state index contributed by atoms with van der Waals surface area (Å²) in [5.74, 6) is 6.07. The highest BCUT2D eigenvalue weighted by molar-refractivity contribution is 7.99. The Labute approximate surface area is 170 Å². The molecule has 0 N–H and O–H groups in total. The van der Waals surface area contributed by atoms with Crippen molar-refractivity contribution in [3.05, 3.63) is 30.2 Å². The highest BCUT2D eigenvalue weighted by atomic mass is 32.2. The van der Waals surface area contributed by atoms with E-state index in [1.54, 1.807) is 11.8 Å². The number of aromatic nitrogens is 2. The highest BCUT2D eigenvalue weighted by Gasteiger charge is 2.54. The van der Waals surface area contributed by atoms with Crippen molar-refractivity contribution >= 4 is 11.8 Å². The van der Waals surface area contributed by atoms with E-state index >= 15 is 0 Å². The molecule has 1 aromatic heterocycles. The molecule has 4 aliphatic carbocycles. The maximum Gasteiger partial charge on any atom is 0.276 e. The van der Waals surface area contributed by atoms with Gasteiger partial charge in [-0.1, -0.05) is 11.8 Å². The smallest absolute Gasteiger partial charge is 0.276 e. The summed E-state index contributed by atoms with van der Waals surface area (Å²) in [4.78, 5) is 0. The molecule has 6 heteroatoms. The zero-order valence-corrected chi connectivity index (χ0v) is 17.2. The predicted octanol–water partition coefficient (Wildman–Crippen LogP) is 5.11. The fourth-order valence-electron chi connectivity index (χ4n) is 5.94. The molecule has 2 aromatic rings. The molecule has 0 spiro atoms. The fraction of sp³-hybridized carbons (Fsp3) is 0.636. The van der Waals surface area contributed by atoms with Crippen molar-refractivity contribution in [1.82, 2.24) is 10.2 Å². The summed E-state index contributed by atoms with van der Waals surface area (Å²) in [5.41, 5.74) is 0.180. The average molecular weight is 401 g/mol. The van der Waals surface area contributed by atoms with Crippen LogP contribution in [0.4, 0.5) is 0 Å². The quantitative estimate of drug-likeness (QED) is 0.453. The normalized spacial score (nSPS) is 30.5. The molecule has 4 fully saturated rings. The zero-order valence-electron chi connectivity index (χ0n) is 16.4. The molecule has 0 radical (unpaired) electrons. The predicted molar refractivity (Wildman–Crippen MR) is 108 cm³/mol. The van der Waals surface area contributed by atoms with Crippen molar-refractivity contribution in [2.75, 3.05) is 19.0 Å². The lowest BCUT2D eigenvalue weighted by Crippen LogP contribution is -2.48. The van der Waals surface area contributed by atoms with Crippen molar-refractivity contribution in [3.63, 3.8) is 0 Å². The summed E-state index contributed by atoms with van der Waals surface area (Å²) in [6, 6.07) is 7.74. The molecular weight excluding hydrogens is 372 g/mol. The van der Waals surface area contributed by atoms with Crippen LogP contribution < -0.4 is 9.47 Å². The molecule has 4 saturated carbocycles. The van der Waals surface area contributed by atoms with Crippen LogP contribution in [0, 0.1) is 17.8 Å². The number of hydrogen-bond acceptors (Lipinski definition) is 6. The molecule has 0 amide bonds. The number of hydrogen-bond donors (Lipinski definition) is 0. The van der Waals surface area contributed by atoms with Crippen LogP contribution in [-0.2, 0) is 5.41 Å². The molecule has 1 aromatic carbocycles. The first-order valence-corrected chi connectivity index (χ1v) is 11.5. The molecular formula is C22H28N2O3S. The topological polar surface area (TPSA) is 57.4 Å². The first kappa shape index (κ1) is 18.3. The summed E-state index contributed by atoms with van der Waals surface area (Å²) in [5, 5.41) is 9.48. The van der Waals surface area contributed by atoms with Gasteiger partial charge in [-0.15, -0.1) is 10.2 Å². The highest BCUT2D eigenvalue weighted by Crippen LogP contribution is 2.60. The number of benzene rings is 1. The van der Waals surface area contributed by atoms with Gasteiger partial charge in [-0.3, -0.25) is 0 Å². The van der Waals surface area contributed by atoms with Crippen LogP contribution in [0.1, 0.15) is 51.3 Å². The summed E-state index contributed by atoms with van der Waals surface area (Å²) in [6.45, 7) is 3.26. The summed E-state index contributed by atoms with van der Waals surface area (Å²) < 4.78 is 17.4. The van der Waals surface area contributed by atoms with Gasteiger partial charge in [-0.2, -0.15) is 0 Å². The Morgan fingerprint density at radius 2 is 1.57 bits per heavy atom. The van der Waals surface area contributed by atoms with Crippen LogP contribution in [0.25, 0.3) is 0 Å². The van der Waals surface area contributed by atoms with Crippen LogP contribution in [0.2, 0.25) is 0 Å². The van der Waals surface area contributed by atoms with Crippen LogP contribution >= 0.6 is 11.8 Å². The lowest BCUT2D eigenvalue weighted by molar-refractivity contribution is -0.0191. The van der Waals surface area contributed by atoms with Crippen LogP contribution in [0.3, 0.4) is 0 Å². The van der Waals surface area contributed by atoms with Gasteiger partial charge >= 0.3 is 0 Å². The Bertz CT molecular complexity index is 769. The molecule has 6 rings (SSSR count). The second-order valence-electron chi connectivity index (χ2n) is 8.67. The van der Waals surface area contributed by atoms with E-state index in [0.29, 0.717) is 18.4 Å². The molecule has 0 unspecified atom stereocenters. The molecule has 0 atom stereocenters. The summed E-state index contributed by atoms with van der Waals surface area (Å²) >= 11 is 1.59. The van der Waals surface area contributed by atoms with Crippen molar-refractivity contribution in [3.8, 4) is 11.5 Å². The third-order valence-electron chi connectivity index (χ3n) is 6.61. The Morgan fingerprint density at radius 3 is 2.18 bits per heavy atom. The maximum absolute atomic E-state index is 6.13. The summed E-state index contributed by atoms with van der Waals surface area (Å²) in [6.07, 6.45) is 8.05. The van der Waals surface area contributed by atoms with Crippen LogP contribution in [0.15, 0.2) is 33.9 Å². The molecule has 0 saturated heterocycles. The minimum absolute atomic E-state index is 0.180. The van der Waals surface area contributed by atoms with E-state index in [4.69, 9.17) is 13.9 Å². The van der Waals surface area contributed by atoms with Gasteiger partial charge in [-0.25, -0.2) is 0 Å². The van der Waals surface area contributed by atoms with Gasteiger partial charge in [0.25, 0.3) is 5.22 Å². The van der Waals surface area contributed by atoms with Gasteiger partial charge in [0.05, 0.1) is 13.2 Å². The Hall–Kier alpha value is -1.69. The molecule has 150 valence electrons. The fourth-order valence-corrected chi connectivity index (χ4v) is 6.52. The van der Waals surface area contributed by atoms with E-state index in [1.165, 1.54) is 38.5 Å². The average Bonchev–Trinajstić information content (AvgIpc) is 3.16. The first-order valence-electron chi connectivity index (χ1n) is 10.5. The van der Waals surface area contributed by atoms with E-state index in [-0.39, 0.29) is 5.41 Å². The second-order valence-corrected chi connectivity index (χ2v) is 9.72. The number of ether oxygens (including phenoxy) is 2. The van der Waals surface area contributed by atoms with Crippen LogP contribution in [0.5, 0.6) is 11.5 Å². The Morgan fingerprint density at radius 1 is 0.964 bits per heavy atom. The minimum atomic E-state index is 0.180. The van der Waals surface area contributed by atoms with Gasteiger partial charge in [0.15, 0.2) is 0 Å². The number of thioether (sulfide) groups is 1. The van der Waals surface area contributed by atoms with Gasteiger partial charge in [-0.05, 0) is 87.5 Å². The van der Waals surface area contributed by atoms with Gasteiger partial charge < -0.3 is 13.9 Å². The Balaban J connectivity index is 1.13. The lowest BCUT2D eigenvalue weighted by atomic mass is 9.49. The zero-order chi connectivity index (χ0) is 19.0. The van der Waals surface area contributed by atoms with Gasteiger partial charge in [0.1, 0.15) is 11.5 Å². The van der Waals surface area contributed by atoms with Gasteiger partial charge in [0, 0.05) is 11.2 Å². The molecule has 4 aliphatic rings. The Kier molecular flexibility index (Phi) is 4.99. The number of nitrogens with zero attached hydrogens (tertiary/aromatic N) is 2. The van der Waals surface area contributed by atoms with Crippen molar-refractivity contribution < 1.29 is 13.9 Å². The van der Waals surface area contributed by atoms with E-state index in [2.05, 4.69) is 10.2 Å². The molecule has 28 heavy (non-hydrogen) atoms. The van der Waals surface area contributed by atoms with E-state index in [1.807, 2.05) is 31.2 Å². The molecule has 5 nitrogen and oxygen atoms in total. The SMILES string of the molecule is CCOc1ccc(OCCSc2nnc(C34CC5CC(CC(C5)C3)C4)o2)cc1. The van der Waals surface area contributed by atoms with Crippen molar-refractivity contribution in [2.24, 2.45) is 17.8 Å². The molecule has 0 aliphatic heterocycles. The third-order valence-corrected chi connectivity index (χ3v) is 7.39. The monoisotopic (exact) mass is 400 g/mol. The lowest BCUT2D eigenvalue weighted by Gasteiger charge is -2.55. The molecule has 4 bridgehead atoms.